The third-order valence-corrected chi connectivity index (χ3v) is 7.80. The Balaban J connectivity index is 1.45. The van der Waals surface area contributed by atoms with Gasteiger partial charge in [0, 0.05) is 56.7 Å². The molecule has 1 saturated heterocycles. The second kappa shape index (κ2) is 11.0. The number of aromatic nitrogens is 2. The van der Waals surface area contributed by atoms with E-state index in [9.17, 15) is 4.79 Å². The molecule has 0 radical (unpaired) electrons. The van der Waals surface area contributed by atoms with Gasteiger partial charge < -0.3 is 30.3 Å². The molecule has 3 heterocycles. The Hall–Kier alpha value is -3.62. The van der Waals surface area contributed by atoms with Crippen molar-refractivity contribution in [2.75, 3.05) is 41.7 Å². The van der Waals surface area contributed by atoms with Crippen molar-refractivity contribution in [3.8, 4) is 0 Å². The number of hydrogen-bond donors (Lipinski definition) is 3. The van der Waals surface area contributed by atoms with Crippen LogP contribution in [-0.2, 0) is 4.79 Å². The largest absolute Gasteiger partial charge is 0.461 e. The summed E-state index contributed by atoms with van der Waals surface area (Å²) in [6.45, 7) is 10.6. The first-order chi connectivity index (χ1) is 18.4. The van der Waals surface area contributed by atoms with Gasteiger partial charge in [-0.3, -0.25) is 4.79 Å². The van der Waals surface area contributed by atoms with Crippen LogP contribution in [0, 0.1) is 5.41 Å². The van der Waals surface area contributed by atoms with Crippen LogP contribution in [0.5, 0.6) is 0 Å². The lowest BCUT2D eigenvalue weighted by molar-refractivity contribution is -0.129. The second-order valence-electron chi connectivity index (χ2n) is 10.5. The molecule has 2 fully saturated rings. The van der Waals surface area contributed by atoms with Gasteiger partial charge >= 0.3 is 0 Å². The molecule has 2 aromatic heterocycles. The van der Waals surface area contributed by atoms with Crippen LogP contribution in [0.15, 0.2) is 28.7 Å². The molecular formula is C29H39N7O2. The molecule has 1 unspecified atom stereocenters. The van der Waals surface area contributed by atoms with Gasteiger partial charge in [0.15, 0.2) is 5.82 Å². The molecule has 9 nitrogen and oxygen atoms in total. The van der Waals surface area contributed by atoms with E-state index in [1.54, 1.807) is 6.92 Å². The van der Waals surface area contributed by atoms with Crippen LogP contribution in [0.2, 0.25) is 0 Å². The third kappa shape index (κ3) is 5.47. The van der Waals surface area contributed by atoms with Gasteiger partial charge in [-0.15, -0.1) is 0 Å². The molecule has 0 spiro atoms. The van der Waals surface area contributed by atoms with Crippen LogP contribution < -0.4 is 15.5 Å². The zero-order valence-corrected chi connectivity index (χ0v) is 22.9. The number of benzene rings is 1. The Labute approximate surface area is 224 Å². The number of anilines is 3. The fourth-order valence-corrected chi connectivity index (χ4v) is 5.09. The van der Waals surface area contributed by atoms with Gasteiger partial charge in [-0.25, -0.2) is 4.98 Å². The molecule has 1 aliphatic heterocycles. The maximum absolute atomic E-state index is 11.8. The number of carbonyl (C=O) groups excluding carboxylic acids is 1. The van der Waals surface area contributed by atoms with E-state index >= 15 is 0 Å². The topological polar surface area (TPSA) is 110 Å². The Morgan fingerprint density at radius 3 is 2.50 bits per heavy atom. The summed E-state index contributed by atoms with van der Waals surface area (Å²) >= 11 is 0. The molecule has 1 aliphatic carbocycles. The quantitative estimate of drug-likeness (QED) is 0.303. The number of carbonyl (C=O) groups is 1. The fraction of sp³-hybridized carbons (Fsp3) is 0.517. The first-order valence-electron chi connectivity index (χ1n) is 13.9. The van der Waals surface area contributed by atoms with Crippen LogP contribution >= 0.6 is 0 Å². The van der Waals surface area contributed by atoms with Crippen LogP contribution in [0.3, 0.4) is 0 Å². The number of rotatable bonds is 10. The minimum absolute atomic E-state index is 0.0307. The Morgan fingerprint density at radius 2 is 1.87 bits per heavy atom. The van der Waals surface area contributed by atoms with Gasteiger partial charge in [0.1, 0.15) is 22.7 Å². The zero-order chi connectivity index (χ0) is 26.8. The average Bonchev–Trinajstić information content (AvgIpc) is 3.70. The van der Waals surface area contributed by atoms with Gasteiger partial charge in [0.05, 0.1) is 6.04 Å². The number of amides is 1. The minimum atomic E-state index is -0.0307. The highest BCUT2D eigenvalue weighted by molar-refractivity contribution is 5.89. The molecule has 1 amide bonds. The number of fused-ring (bicyclic) bond motifs is 1. The standard InChI is InChI=1S/C29H39N7O2/c1-5-23(6-2)32-27-24(17-30)33-29(36-13-11-35(12-14-36)19(4)37)34-28(27)31-18(3)21-9-10-25-22(15-21)16-26(38-25)20-7-8-20/h9-10,15-18,20,23,30,32H,5-8,11-14H2,1-4H3,(H,31,33,34). The molecule has 5 rings (SSSR count). The van der Waals surface area contributed by atoms with E-state index in [4.69, 9.17) is 19.8 Å². The first-order valence-corrected chi connectivity index (χ1v) is 13.9. The molecule has 9 heteroatoms. The Morgan fingerprint density at radius 1 is 1.13 bits per heavy atom. The lowest BCUT2D eigenvalue weighted by atomic mass is 10.1. The van der Waals surface area contributed by atoms with E-state index in [0.717, 1.165) is 40.8 Å². The molecule has 0 bridgehead atoms. The summed E-state index contributed by atoms with van der Waals surface area (Å²) in [5, 5.41) is 16.5. The van der Waals surface area contributed by atoms with E-state index in [-0.39, 0.29) is 18.0 Å². The lowest BCUT2D eigenvalue weighted by Gasteiger charge is -2.34. The van der Waals surface area contributed by atoms with E-state index in [1.165, 1.54) is 19.1 Å². The van der Waals surface area contributed by atoms with Crippen molar-refractivity contribution in [3.63, 3.8) is 0 Å². The molecule has 3 N–H and O–H groups in total. The molecule has 1 saturated carbocycles. The molecule has 1 atom stereocenters. The highest BCUT2D eigenvalue weighted by Gasteiger charge is 2.28. The summed E-state index contributed by atoms with van der Waals surface area (Å²) in [6.07, 6.45) is 5.64. The third-order valence-electron chi connectivity index (χ3n) is 7.80. The van der Waals surface area contributed by atoms with Crippen molar-refractivity contribution in [2.45, 2.75) is 71.4 Å². The predicted molar refractivity (Wildman–Crippen MR) is 153 cm³/mol. The van der Waals surface area contributed by atoms with Crippen LogP contribution in [0.4, 0.5) is 17.5 Å². The summed E-state index contributed by atoms with van der Waals surface area (Å²) in [5.41, 5.74) is 3.39. The van der Waals surface area contributed by atoms with Crippen molar-refractivity contribution in [3.05, 3.63) is 41.3 Å². The summed E-state index contributed by atoms with van der Waals surface area (Å²) < 4.78 is 6.06. The number of nitrogens with one attached hydrogen (secondary N) is 3. The van der Waals surface area contributed by atoms with Crippen molar-refractivity contribution in [2.24, 2.45) is 0 Å². The van der Waals surface area contributed by atoms with Gasteiger partial charge in [0.25, 0.3) is 0 Å². The van der Waals surface area contributed by atoms with Crippen molar-refractivity contribution >= 4 is 40.5 Å². The molecule has 3 aromatic rings. The first kappa shape index (κ1) is 26.0. The van der Waals surface area contributed by atoms with E-state index in [2.05, 4.69) is 60.6 Å². The van der Waals surface area contributed by atoms with Crippen LogP contribution in [-0.4, -0.2) is 59.2 Å². The number of piperazine rings is 1. The number of furan rings is 1. The predicted octanol–water partition coefficient (Wildman–Crippen LogP) is 5.54. The van der Waals surface area contributed by atoms with E-state index in [0.29, 0.717) is 49.6 Å². The maximum atomic E-state index is 11.8. The Kier molecular flexibility index (Phi) is 7.53. The van der Waals surface area contributed by atoms with Gasteiger partial charge in [-0.2, -0.15) is 4.98 Å². The molecule has 202 valence electrons. The summed E-state index contributed by atoms with van der Waals surface area (Å²) in [4.78, 5) is 25.5. The average molecular weight is 518 g/mol. The molecule has 38 heavy (non-hydrogen) atoms. The van der Waals surface area contributed by atoms with Crippen molar-refractivity contribution in [1.82, 2.24) is 14.9 Å². The molecule has 2 aliphatic rings. The van der Waals surface area contributed by atoms with E-state index < -0.39 is 0 Å². The van der Waals surface area contributed by atoms with Gasteiger partial charge in [-0.05, 0) is 56.4 Å². The monoisotopic (exact) mass is 517 g/mol. The normalized spacial score (nSPS) is 16.7. The van der Waals surface area contributed by atoms with E-state index in [1.807, 2.05) is 4.90 Å². The van der Waals surface area contributed by atoms with Crippen LogP contribution in [0.1, 0.15) is 82.4 Å². The van der Waals surface area contributed by atoms with Gasteiger partial charge in [-0.1, -0.05) is 19.9 Å². The SMILES string of the molecule is CCC(CC)Nc1c(C=N)nc(N2CCN(C(C)=O)CC2)nc1NC(C)c1ccc2oc(C3CC3)cc2c1. The maximum Gasteiger partial charge on any atom is 0.228 e. The summed E-state index contributed by atoms with van der Waals surface area (Å²) in [7, 11) is 0. The Bertz CT molecular complexity index is 1300. The minimum Gasteiger partial charge on any atom is -0.461 e. The smallest absolute Gasteiger partial charge is 0.228 e. The zero-order valence-electron chi connectivity index (χ0n) is 22.9. The second-order valence-corrected chi connectivity index (χ2v) is 10.5. The van der Waals surface area contributed by atoms with Crippen LogP contribution in [0.25, 0.3) is 11.0 Å². The number of nitrogens with zero attached hydrogens (tertiary/aromatic N) is 4. The van der Waals surface area contributed by atoms with Gasteiger partial charge in [0.2, 0.25) is 11.9 Å². The molecule has 1 aromatic carbocycles. The lowest BCUT2D eigenvalue weighted by Crippen LogP contribution is -2.48. The highest BCUT2D eigenvalue weighted by Crippen LogP contribution is 2.42. The molecular weight excluding hydrogens is 478 g/mol. The fourth-order valence-electron chi connectivity index (χ4n) is 5.09. The van der Waals surface area contributed by atoms with Crippen molar-refractivity contribution < 1.29 is 9.21 Å². The van der Waals surface area contributed by atoms with Crippen molar-refractivity contribution in [1.29, 1.82) is 5.41 Å². The summed E-state index contributed by atoms with van der Waals surface area (Å²) in [6, 6.07) is 8.75. The summed E-state index contributed by atoms with van der Waals surface area (Å²) in [5.74, 6) is 3.03. The number of hydrogen-bond acceptors (Lipinski definition) is 8. The highest BCUT2D eigenvalue weighted by atomic mass is 16.3.